The molecule has 0 bridgehead atoms. The third-order valence-electron chi connectivity index (χ3n) is 5.42. The third kappa shape index (κ3) is 5.97. The highest BCUT2D eigenvalue weighted by Crippen LogP contribution is 2.24. The number of rotatable bonds is 7. The first-order valence-electron chi connectivity index (χ1n) is 10.0. The molecule has 0 aliphatic heterocycles. The van der Waals surface area contributed by atoms with Gasteiger partial charge in [-0.2, -0.15) is 0 Å². The Morgan fingerprint density at radius 3 is 2.45 bits per heavy atom. The zero-order valence-electron chi connectivity index (χ0n) is 16.5. The molecule has 0 radical (unpaired) electrons. The summed E-state index contributed by atoms with van der Waals surface area (Å²) in [5, 5.41) is 4.12. The first-order valence-corrected chi connectivity index (χ1v) is 10.8. The molecule has 4 nitrogen and oxygen atoms in total. The molecule has 6 heteroatoms. The highest BCUT2D eigenvalue weighted by atomic mass is 35.5. The fourth-order valence-electron chi connectivity index (χ4n) is 3.68. The van der Waals surface area contributed by atoms with Crippen molar-refractivity contribution in [3.63, 3.8) is 0 Å². The molecule has 1 N–H and O–H groups in total. The SMILES string of the molecule is C[C@H](C(=O)NC1CCCC1)N(Cc1ccc(Cl)cc1Cl)C(=O)Cc1ccccc1. The summed E-state index contributed by atoms with van der Waals surface area (Å²) < 4.78 is 0. The highest BCUT2D eigenvalue weighted by Gasteiger charge is 2.28. The van der Waals surface area contributed by atoms with Gasteiger partial charge >= 0.3 is 0 Å². The van der Waals surface area contributed by atoms with E-state index in [1.54, 1.807) is 30.0 Å². The molecule has 0 unspecified atom stereocenters. The van der Waals surface area contributed by atoms with Crippen LogP contribution >= 0.6 is 23.2 Å². The predicted molar refractivity (Wildman–Crippen MR) is 117 cm³/mol. The standard InChI is InChI=1S/C23H26Cl2N2O2/c1-16(23(29)26-20-9-5-6-10-20)27(15-18-11-12-19(24)14-21(18)25)22(28)13-17-7-3-2-4-8-17/h2-4,7-8,11-12,14,16,20H,5-6,9-10,13,15H2,1H3,(H,26,29)/t16-/m1/s1. The number of nitrogens with zero attached hydrogens (tertiary/aromatic N) is 1. The summed E-state index contributed by atoms with van der Waals surface area (Å²) in [6.45, 7) is 2.03. The number of nitrogens with one attached hydrogen (secondary N) is 1. The molecule has 0 saturated heterocycles. The normalized spacial score (nSPS) is 15.1. The Hall–Kier alpha value is -2.04. The number of carbonyl (C=O) groups is 2. The lowest BCUT2D eigenvalue weighted by Crippen LogP contribution is -2.50. The molecule has 0 aromatic heterocycles. The zero-order valence-corrected chi connectivity index (χ0v) is 18.0. The van der Waals surface area contributed by atoms with Gasteiger partial charge in [-0.3, -0.25) is 9.59 Å². The van der Waals surface area contributed by atoms with Crippen molar-refractivity contribution in [2.45, 2.75) is 57.7 Å². The Bertz CT molecular complexity index is 851. The molecule has 1 atom stereocenters. The lowest BCUT2D eigenvalue weighted by atomic mass is 10.1. The molecule has 154 valence electrons. The van der Waals surface area contributed by atoms with Gasteiger partial charge in [-0.15, -0.1) is 0 Å². The summed E-state index contributed by atoms with van der Waals surface area (Å²) >= 11 is 12.3. The molecule has 0 heterocycles. The van der Waals surface area contributed by atoms with Crippen LogP contribution in [0.4, 0.5) is 0 Å². The van der Waals surface area contributed by atoms with E-state index in [0.29, 0.717) is 10.0 Å². The Morgan fingerprint density at radius 2 is 1.79 bits per heavy atom. The monoisotopic (exact) mass is 432 g/mol. The maximum Gasteiger partial charge on any atom is 0.242 e. The lowest BCUT2D eigenvalue weighted by Gasteiger charge is -2.30. The minimum absolute atomic E-state index is 0.115. The van der Waals surface area contributed by atoms with E-state index < -0.39 is 6.04 Å². The van der Waals surface area contributed by atoms with E-state index in [0.717, 1.165) is 36.8 Å². The maximum atomic E-state index is 13.2. The van der Waals surface area contributed by atoms with Gasteiger partial charge in [0, 0.05) is 22.6 Å². The van der Waals surface area contributed by atoms with Gasteiger partial charge in [0.1, 0.15) is 6.04 Å². The van der Waals surface area contributed by atoms with Gasteiger partial charge in [-0.1, -0.05) is 72.4 Å². The van der Waals surface area contributed by atoms with Crippen LogP contribution in [-0.2, 0) is 22.6 Å². The fraction of sp³-hybridized carbons (Fsp3) is 0.391. The van der Waals surface area contributed by atoms with E-state index in [9.17, 15) is 9.59 Å². The third-order valence-corrected chi connectivity index (χ3v) is 6.01. The number of amides is 2. The van der Waals surface area contributed by atoms with E-state index in [1.165, 1.54) is 0 Å². The topological polar surface area (TPSA) is 49.4 Å². The van der Waals surface area contributed by atoms with Crippen molar-refractivity contribution in [3.8, 4) is 0 Å². The van der Waals surface area contributed by atoms with Crippen LogP contribution < -0.4 is 5.32 Å². The van der Waals surface area contributed by atoms with Gasteiger partial charge in [0.05, 0.1) is 6.42 Å². The molecule has 1 aliphatic carbocycles. The van der Waals surface area contributed by atoms with Gasteiger partial charge < -0.3 is 10.2 Å². The number of benzene rings is 2. The van der Waals surface area contributed by atoms with Gasteiger partial charge in [0.2, 0.25) is 11.8 Å². The summed E-state index contributed by atoms with van der Waals surface area (Å²) in [7, 11) is 0. The minimum atomic E-state index is -0.599. The molecule has 1 saturated carbocycles. The summed E-state index contributed by atoms with van der Waals surface area (Å²) in [6.07, 6.45) is 4.50. The fourth-order valence-corrected chi connectivity index (χ4v) is 4.15. The van der Waals surface area contributed by atoms with Gasteiger partial charge in [0.15, 0.2) is 0 Å². The van der Waals surface area contributed by atoms with Crippen LogP contribution in [0.15, 0.2) is 48.5 Å². The van der Waals surface area contributed by atoms with Crippen LogP contribution in [-0.4, -0.2) is 28.8 Å². The highest BCUT2D eigenvalue weighted by molar-refractivity contribution is 6.35. The smallest absolute Gasteiger partial charge is 0.242 e. The van der Waals surface area contributed by atoms with Crippen molar-refractivity contribution < 1.29 is 9.59 Å². The van der Waals surface area contributed by atoms with Crippen LogP contribution in [0, 0.1) is 0 Å². The largest absolute Gasteiger partial charge is 0.352 e. The molecule has 1 aliphatic rings. The molecule has 2 amide bonds. The molecular weight excluding hydrogens is 407 g/mol. The van der Waals surface area contributed by atoms with Gasteiger partial charge in [0.25, 0.3) is 0 Å². The molecule has 1 fully saturated rings. The van der Waals surface area contributed by atoms with Gasteiger partial charge in [-0.25, -0.2) is 0 Å². The lowest BCUT2D eigenvalue weighted by molar-refractivity contribution is -0.140. The van der Waals surface area contributed by atoms with Crippen LogP contribution in [0.1, 0.15) is 43.7 Å². The Kier molecular flexibility index (Phi) is 7.57. The summed E-state index contributed by atoms with van der Waals surface area (Å²) in [5.41, 5.74) is 1.67. The second kappa shape index (κ2) is 10.1. The quantitative estimate of drug-likeness (QED) is 0.667. The minimum Gasteiger partial charge on any atom is -0.352 e. The number of hydrogen-bond acceptors (Lipinski definition) is 2. The first-order chi connectivity index (χ1) is 13.9. The second-order valence-corrected chi connectivity index (χ2v) is 8.43. The van der Waals surface area contributed by atoms with Crippen molar-refractivity contribution in [3.05, 3.63) is 69.7 Å². The van der Waals surface area contributed by atoms with Crippen LogP contribution in [0.2, 0.25) is 10.0 Å². The number of halogens is 2. The molecule has 2 aromatic carbocycles. The van der Waals surface area contributed by atoms with E-state index in [4.69, 9.17) is 23.2 Å². The van der Waals surface area contributed by atoms with E-state index in [1.807, 2.05) is 30.3 Å². The number of hydrogen-bond donors (Lipinski definition) is 1. The van der Waals surface area contributed by atoms with Crippen LogP contribution in [0.25, 0.3) is 0 Å². The van der Waals surface area contributed by atoms with Gasteiger partial charge in [-0.05, 0) is 43.0 Å². The van der Waals surface area contributed by atoms with Crippen molar-refractivity contribution in [1.82, 2.24) is 10.2 Å². The Labute approximate surface area is 182 Å². The number of carbonyl (C=O) groups excluding carboxylic acids is 2. The average Bonchev–Trinajstić information content (AvgIpc) is 3.20. The molecule has 3 rings (SSSR count). The van der Waals surface area contributed by atoms with E-state index in [-0.39, 0.29) is 30.8 Å². The molecular formula is C23H26Cl2N2O2. The summed E-state index contributed by atoms with van der Waals surface area (Å²) in [5.74, 6) is -0.236. The maximum absolute atomic E-state index is 13.2. The van der Waals surface area contributed by atoms with E-state index >= 15 is 0 Å². The van der Waals surface area contributed by atoms with Crippen molar-refractivity contribution in [1.29, 1.82) is 0 Å². The second-order valence-electron chi connectivity index (χ2n) is 7.59. The van der Waals surface area contributed by atoms with Crippen molar-refractivity contribution in [2.24, 2.45) is 0 Å². The van der Waals surface area contributed by atoms with Crippen molar-refractivity contribution in [2.75, 3.05) is 0 Å². The molecule has 0 spiro atoms. The van der Waals surface area contributed by atoms with Crippen LogP contribution in [0.5, 0.6) is 0 Å². The van der Waals surface area contributed by atoms with E-state index in [2.05, 4.69) is 5.32 Å². The summed E-state index contributed by atoms with van der Waals surface area (Å²) in [6, 6.07) is 14.3. The first kappa shape index (κ1) is 21.7. The zero-order chi connectivity index (χ0) is 20.8. The molecule has 29 heavy (non-hydrogen) atoms. The van der Waals surface area contributed by atoms with Crippen molar-refractivity contribution >= 4 is 35.0 Å². The molecule has 2 aromatic rings. The Balaban J connectivity index is 1.79. The summed E-state index contributed by atoms with van der Waals surface area (Å²) in [4.78, 5) is 27.6. The average molecular weight is 433 g/mol. The van der Waals surface area contributed by atoms with Crippen LogP contribution in [0.3, 0.4) is 0 Å². The Morgan fingerprint density at radius 1 is 1.10 bits per heavy atom. The predicted octanol–water partition coefficient (Wildman–Crippen LogP) is 5.01.